The number of anilines is 2. The van der Waals surface area contributed by atoms with E-state index in [4.69, 9.17) is 5.73 Å². The number of nitrogens with two attached hydrogens (primary N) is 1. The van der Waals surface area contributed by atoms with Crippen LogP contribution in [0.5, 0.6) is 0 Å². The zero-order chi connectivity index (χ0) is 14.4. The van der Waals surface area contributed by atoms with Gasteiger partial charge in [0.1, 0.15) is 0 Å². The summed E-state index contributed by atoms with van der Waals surface area (Å²) in [5, 5.41) is 5.47. The molecule has 20 heavy (non-hydrogen) atoms. The van der Waals surface area contributed by atoms with Gasteiger partial charge in [0.15, 0.2) is 0 Å². The van der Waals surface area contributed by atoms with Crippen LogP contribution in [0.4, 0.5) is 11.4 Å². The van der Waals surface area contributed by atoms with Crippen LogP contribution in [0.25, 0.3) is 0 Å². The Kier molecular flexibility index (Phi) is 7.87. The summed E-state index contributed by atoms with van der Waals surface area (Å²) in [5.41, 5.74) is 8.00. The lowest BCUT2D eigenvalue weighted by Gasteiger charge is -2.14. The number of carbonyl (C=O) groups is 2. The van der Waals surface area contributed by atoms with Gasteiger partial charge in [0, 0.05) is 18.3 Å². The average molecular weight is 300 g/mol. The van der Waals surface area contributed by atoms with Crippen LogP contribution in [0.1, 0.15) is 32.3 Å². The molecule has 2 amide bonds. The Hall–Kier alpha value is -1.59. The van der Waals surface area contributed by atoms with Crippen molar-refractivity contribution < 1.29 is 9.59 Å². The van der Waals surface area contributed by atoms with E-state index in [1.54, 1.807) is 12.1 Å². The van der Waals surface area contributed by atoms with Crippen molar-refractivity contribution >= 4 is 35.6 Å². The summed E-state index contributed by atoms with van der Waals surface area (Å²) >= 11 is 0. The van der Waals surface area contributed by atoms with Crippen molar-refractivity contribution in [2.45, 2.75) is 39.7 Å². The summed E-state index contributed by atoms with van der Waals surface area (Å²) in [7, 11) is 0. The maximum Gasteiger partial charge on any atom is 0.241 e. The van der Waals surface area contributed by atoms with E-state index >= 15 is 0 Å². The number of amides is 2. The standard InChI is InChI=1S/C14H21N3O2.ClH/c1-4-5-12(15)14(19)17-13-8-11(16-10(3)18)7-6-9(13)2;/h6-8,12H,4-5,15H2,1-3H3,(H,16,18)(H,17,19);1H. The lowest BCUT2D eigenvalue weighted by atomic mass is 10.1. The highest BCUT2D eigenvalue weighted by Crippen LogP contribution is 2.20. The fraction of sp³-hybridized carbons (Fsp3) is 0.429. The molecule has 0 bridgehead atoms. The van der Waals surface area contributed by atoms with E-state index in [1.165, 1.54) is 6.92 Å². The van der Waals surface area contributed by atoms with Crippen LogP contribution in [0.15, 0.2) is 18.2 Å². The molecule has 6 heteroatoms. The molecule has 0 heterocycles. The molecule has 0 spiro atoms. The monoisotopic (exact) mass is 299 g/mol. The number of rotatable bonds is 5. The number of hydrogen-bond acceptors (Lipinski definition) is 3. The first-order valence-electron chi connectivity index (χ1n) is 6.38. The lowest BCUT2D eigenvalue weighted by molar-refractivity contribution is -0.117. The second-order valence-corrected chi connectivity index (χ2v) is 4.60. The van der Waals surface area contributed by atoms with Crippen molar-refractivity contribution in [1.82, 2.24) is 0 Å². The van der Waals surface area contributed by atoms with Gasteiger partial charge in [0.25, 0.3) is 0 Å². The van der Waals surface area contributed by atoms with Gasteiger partial charge in [-0.1, -0.05) is 19.4 Å². The largest absolute Gasteiger partial charge is 0.326 e. The maximum atomic E-state index is 11.9. The molecule has 0 aliphatic carbocycles. The van der Waals surface area contributed by atoms with Crippen molar-refractivity contribution in [3.05, 3.63) is 23.8 Å². The zero-order valence-corrected chi connectivity index (χ0v) is 12.8. The molecule has 4 N–H and O–H groups in total. The van der Waals surface area contributed by atoms with Crippen molar-refractivity contribution in [2.24, 2.45) is 5.73 Å². The third-order valence-corrected chi connectivity index (χ3v) is 2.75. The Labute approximate surface area is 125 Å². The molecule has 5 nitrogen and oxygen atoms in total. The van der Waals surface area contributed by atoms with Gasteiger partial charge in [0.2, 0.25) is 11.8 Å². The van der Waals surface area contributed by atoms with Gasteiger partial charge in [0.05, 0.1) is 6.04 Å². The molecule has 0 saturated heterocycles. The normalized spacial score (nSPS) is 11.2. The van der Waals surface area contributed by atoms with Crippen LogP contribution in [-0.4, -0.2) is 17.9 Å². The average Bonchev–Trinajstić information content (AvgIpc) is 2.33. The van der Waals surface area contributed by atoms with Crippen LogP contribution >= 0.6 is 12.4 Å². The van der Waals surface area contributed by atoms with Crippen LogP contribution < -0.4 is 16.4 Å². The molecule has 112 valence electrons. The molecule has 0 aliphatic rings. The summed E-state index contributed by atoms with van der Waals surface area (Å²) in [6.45, 7) is 5.31. The van der Waals surface area contributed by atoms with E-state index < -0.39 is 6.04 Å². The predicted octanol–water partition coefficient (Wildman–Crippen LogP) is 2.44. The van der Waals surface area contributed by atoms with Gasteiger partial charge in [-0.3, -0.25) is 9.59 Å². The number of halogens is 1. The first-order chi connectivity index (χ1) is 8.93. The number of hydrogen-bond donors (Lipinski definition) is 3. The summed E-state index contributed by atoms with van der Waals surface area (Å²) < 4.78 is 0. The van der Waals surface area contributed by atoms with Gasteiger partial charge in [-0.25, -0.2) is 0 Å². The highest BCUT2D eigenvalue weighted by Gasteiger charge is 2.13. The summed E-state index contributed by atoms with van der Waals surface area (Å²) in [6, 6.07) is 4.85. The smallest absolute Gasteiger partial charge is 0.241 e. The molecule has 0 aromatic heterocycles. The summed E-state index contributed by atoms with van der Waals surface area (Å²) in [6.07, 6.45) is 1.51. The van der Waals surface area contributed by atoms with E-state index in [0.717, 1.165) is 12.0 Å². The Morgan fingerprint density at radius 2 is 1.95 bits per heavy atom. The third-order valence-electron chi connectivity index (χ3n) is 2.75. The fourth-order valence-corrected chi connectivity index (χ4v) is 1.71. The van der Waals surface area contributed by atoms with Gasteiger partial charge < -0.3 is 16.4 Å². The predicted molar refractivity (Wildman–Crippen MR) is 84.2 cm³/mol. The second-order valence-electron chi connectivity index (χ2n) is 4.60. The highest BCUT2D eigenvalue weighted by atomic mass is 35.5. The first kappa shape index (κ1) is 18.4. The van der Waals surface area contributed by atoms with E-state index in [0.29, 0.717) is 17.8 Å². The molecule has 1 atom stereocenters. The minimum atomic E-state index is -0.506. The van der Waals surface area contributed by atoms with Crippen molar-refractivity contribution in [3.63, 3.8) is 0 Å². The van der Waals surface area contributed by atoms with Crippen molar-refractivity contribution in [1.29, 1.82) is 0 Å². The van der Waals surface area contributed by atoms with Crippen molar-refractivity contribution in [3.8, 4) is 0 Å². The minimum Gasteiger partial charge on any atom is -0.326 e. The van der Waals surface area contributed by atoms with Crippen LogP contribution in [0.3, 0.4) is 0 Å². The van der Waals surface area contributed by atoms with E-state index in [-0.39, 0.29) is 24.2 Å². The molecular weight excluding hydrogens is 278 g/mol. The Bertz CT molecular complexity index is 477. The number of benzene rings is 1. The number of carbonyl (C=O) groups excluding carboxylic acids is 2. The minimum absolute atomic E-state index is 0. The SMILES string of the molecule is CCCC(N)C(=O)Nc1cc(NC(C)=O)ccc1C.Cl. The third kappa shape index (κ3) is 5.59. The van der Waals surface area contributed by atoms with Crippen LogP contribution in [0, 0.1) is 6.92 Å². The molecule has 1 aromatic rings. The molecule has 1 unspecified atom stereocenters. The number of nitrogens with one attached hydrogen (secondary N) is 2. The Balaban J connectivity index is 0.00000361. The molecule has 1 aromatic carbocycles. The van der Waals surface area contributed by atoms with E-state index in [9.17, 15) is 9.59 Å². The zero-order valence-electron chi connectivity index (χ0n) is 12.0. The van der Waals surface area contributed by atoms with Crippen LogP contribution in [0.2, 0.25) is 0 Å². The van der Waals surface area contributed by atoms with Gasteiger partial charge in [-0.15, -0.1) is 12.4 Å². The second kappa shape index (κ2) is 8.55. The lowest BCUT2D eigenvalue weighted by Crippen LogP contribution is -2.35. The van der Waals surface area contributed by atoms with E-state index in [2.05, 4.69) is 10.6 Å². The highest BCUT2D eigenvalue weighted by molar-refractivity contribution is 5.96. The van der Waals surface area contributed by atoms with Gasteiger partial charge in [-0.2, -0.15) is 0 Å². The fourth-order valence-electron chi connectivity index (χ4n) is 1.71. The molecule has 0 radical (unpaired) electrons. The Morgan fingerprint density at radius 1 is 1.30 bits per heavy atom. The molecule has 1 rings (SSSR count). The molecule has 0 saturated carbocycles. The molecular formula is C14H22ClN3O2. The molecule has 0 fully saturated rings. The number of aryl methyl sites for hydroxylation is 1. The van der Waals surface area contributed by atoms with Gasteiger partial charge in [-0.05, 0) is 31.0 Å². The first-order valence-corrected chi connectivity index (χ1v) is 6.38. The quantitative estimate of drug-likeness (QED) is 0.781. The van der Waals surface area contributed by atoms with Gasteiger partial charge >= 0.3 is 0 Å². The van der Waals surface area contributed by atoms with Crippen LogP contribution in [-0.2, 0) is 9.59 Å². The summed E-state index contributed by atoms with van der Waals surface area (Å²) in [4.78, 5) is 22.9. The molecule has 0 aliphatic heterocycles. The maximum absolute atomic E-state index is 11.9. The van der Waals surface area contributed by atoms with Crippen molar-refractivity contribution in [2.75, 3.05) is 10.6 Å². The Morgan fingerprint density at radius 3 is 2.50 bits per heavy atom. The van der Waals surface area contributed by atoms with E-state index in [1.807, 2.05) is 19.9 Å². The summed E-state index contributed by atoms with van der Waals surface area (Å²) in [5.74, 6) is -0.353. The topological polar surface area (TPSA) is 84.2 Å².